The summed E-state index contributed by atoms with van der Waals surface area (Å²) < 4.78 is 0. The van der Waals surface area contributed by atoms with E-state index in [9.17, 15) is 29.8 Å². The minimum atomic E-state index is -0.741. The second kappa shape index (κ2) is 11.4. The number of nitrogens with one attached hydrogen (secondary N) is 4. The van der Waals surface area contributed by atoms with Crippen LogP contribution in [-0.4, -0.2) is 45.0 Å². The molecule has 0 fully saturated rings. The Hall–Kier alpha value is -4.04. The van der Waals surface area contributed by atoms with Crippen molar-refractivity contribution < 1.29 is 19.4 Å². The van der Waals surface area contributed by atoms with E-state index < -0.39 is 21.7 Å². The summed E-state index contributed by atoms with van der Waals surface area (Å²) in [7, 11) is 0. The molecule has 0 aliphatic heterocycles. The third-order valence-electron chi connectivity index (χ3n) is 3.84. The lowest BCUT2D eigenvalue weighted by Crippen LogP contribution is -2.45. The summed E-state index contributed by atoms with van der Waals surface area (Å²) in [6.45, 7) is 0.356. The van der Waals surface area contributed by atoms with Gasteiger partial charge >= 0.3 is 0 Å². The number of nitrogens with zero attached hydrogens (tertiary/aromatic N) is 2. The monoisotopic (exact) mass is 476 g/mol. The summed E-state index contributed by atoms with van der Waals surface area (Å²) >= 11 is 9.97. The van der Waals surface area contributed by atoms with Gasteiger partial charge in [0.1, 0.15) is 11.1 Å². The summed E-state index contributed by atoms with van der Waals surface area (Å²) in [5, 5.41) is 31.9. The molecule has 0 saturated heterocycles. The van der Waals surface area contributed by atoms with E-state index in [2.05, 4.69) is 21.3 Å². The van der Waals surface area contributed by atoms with Crippen LogP contribution in [0, 0.1) is 20.2 Å². The van der Waals surface area contributed by atoms with Crippen molar-refractivity contribution >= 4 is 57.8 Å². The Morgan fingerprint density at radius 1 is 0.719 bits per heavy atom. The Morgan fingerprint density at radius 2 is 1.06 bits per heavy atom. The first-order valence-electron chi connectivity index (χ1n) is 8.86. The van der Waals surface area contributed by atoms with Crippen LogP contribution in [0.3, 0.4) is 0 Å². The van der Waals surface area contributed by atoms with Crippen LogP contribution in [0.5, 0.6) is 0 Å². The van der Waals surface area contributed by atoms with Crippen LogP contribution in [0.4, 0.5) is 11.4 Å². The number of thiocarbonyl (C=S) groups is 2. The molecule has 12 nitrogen and oxygen atoms in total. The number of benzene rings is 2. The normalized spacial score (nSPS) is 9.88. The third-order valence-corrected chi connectivity index (χ3v) is 4.33. The number of amides is 2. The molecule has 0 unspecified atom stereocenters. The van der Waals surface area contributed by atoms with Gasteiger partial charge in [-0.05, 0) is 36.6 Å². The van der Waals surface area contributed by atoms with Gasteiger partial charge in [-0.2, -0.15) is 0 Å². The number of hydrogen-bond donors (Lipinski definition) is 4. The van der Waals surface area contributed by atoms with Gasteiger partial charge in [-0.1, -0.05) is 24.3 Å². The molecule has 0 radical (unpaired) electrons. The van der Waals surface area contributed by atoms with Gasteiger partial charge in [0.2, 0.25) is 0 Å². The highest BCUT2D eigenvalue weighted by molar-refractivity contribution is 7.80. The van der Waals surface area contributed by atoms with Gasteiger partial charge in [0.05, 0.1) is 9.85 Å². The molecule has 2 aromatic carbocycles. The average Bonchev–Trinajstić information content (AvgIpc) is 2.76. The van der Waals surface area contributed by atoms with E-state index >= 15 is 0 Å². The SMILES string of the molecule is O=C(NC(=S)NCCNC(=S)NC(=O)c1ccccc1[N+](=O)[O-])c1ccccc1[N+](=O)[O-]. The molecule has 2 aromatic rings. The maximum atomic E-state index is 12.2. The molecule has 0 aliphatic carbocycles. The minimum absolute atomic E-state index is 0.0650. The van der Waals surface area contributed by atoms with Gasteiger partial charge in [-0.25, -0.2) is 0 Å². The molecular weight excluding hydrogens is 460 g/mol. The topological polar surface area (TPSA) is 169 Å². The Bertz CT molecular complexity index is 1010. The zero-order valence-electron chi connectivity index (χ0n) is 16.2. The lowest BCUT2D eigenvalue weighted by atomic mass is 10.1. The molecule has 0 aliphatic rings. The van der Waals surface area contributed by atoms with E-state index in [1.807, 2.05) is 0 Å². The van der Waals surface area contributed by atoms with E-state index in [-0.39, 0.29) is 45.8 Å². The second-order valence-electron chi connectivity index (χ2n) is 5.97. The van der Waals surface area contributed by atoms with Gasteiger partial charge in [0, 0.05) is 25.2 Å². The molecule has 2 amide bonds. The molecule has 0 saturated carbocycles. The maximum absolute atomic E-state index is 12.2. The Kier molecular flexibility index (Phi) is 8.62. The van der Waals surface area contributed by atoms with Crippen molar-refractivity contribution in [2.75, 3.05) is 13.1 Å². The molecule has 4 N–H and O–H groups in total. The highest BCUT2D eigenvalue weighted by Gasteiger charge is 2.21. The van der Waals surface area contributed by atoms with E-state index in [4.69, 9.17) is 24.4 Å². The molecule has 166 valence electrons. The number of carbonyl (C=O) groups is 2. The maximum Gasteiger partial charge on any atom is 0.282 e. The lowest BCUT2D eigenvalue weighted by molar-refractivity contribution is -0.385. The molecule has 0 heterocycles. The van der Waals surface area contributed by atoms with Crippen molar-refractivity contribution in [2.45, 2.75) is 0 Å². The molecule has 0 spiro atoms. The first-order valence-corrected chi connectivity index (χ1v) is 9.67. The minimum Gasteiger partial charge on any atom is -0.361 e. The van der Waals surface area contributed by atoms with E-state index in [1.165, 1.54) is 48.5 Å². The van der Waals surface area contributed by atoms with Gasteiger partial charge < -0.3 is 10.6 Å². The fourth-order valence-electron chi connectivity index (χ4n) is 2.43. The summed E-state index contributed by atoms with van der Waals surface area (Å²) in [6.07, 6.45) is 0. The summed E-state index contributed by atoms with van der Waals surface area (Å²) in [6, 6.07) is 10.9. The summed E-state index contributed by atoms with van der Waals surface area (Å²) in [4.78, 5) is 45.0. The standard InChI is InChI=1S/C18H16N6O6S2/c25-15(11-5-1-3-7-13(11)23(27)28)21-17(31)19-9-10-20-18(32)22-16(26)12-6-2-4-8-14(12)24(29)30/h1-8H,9-10H2,(H2,19,21,25,31)(H2,20,22,26,32). The van der Waals surface area contributed by atoms with Gasteiger partial charge in [0.15, 0.2) is 10.2 Å². The molecule has 32 heavy (non-hydrogen) atoms. The smallest absolute Gasteiger partial charge is 0.282 e. The molecular formula is C18H16N6O6S2. The average molecular weight is 476 g/mol. The number of nitro benzene ring substituents is 2. The summed E-state index contributed by atoms with van der Waals surface area (Å²) in [5.74, 6) is -1.48. The molecule has 0 aromatic heterocycles. The van der Waals surface area contributed by atoms with E-state index in [1.54, 1.807) is 0 Å². The second-order valence-corrected chi connectivity index (χ2v) is 6.79. The quantitative estimate of drug-likeness (QED) is 0.198. The Labute approximate surface area is 191 Å². The predicted molar refractivity (Wildman–Crippen MR) is 122 cm³/mol. The number of para-hydroxylation sites is 2. The van der Waals surface area contributed by atoms with Crippen LogP contribution in [0.25, 0.3) is 0 Å². The number of hydrogen-bond acceptors (Lipinski definition) is 8. The molecule has 0 atom stereocenters. The van der Waals surface area contributed by atoms with Crippen molar-refractivity contribution in [3.8, 4) is 0 Å². The Balaban J connectivity index is 1.78. The fraction of sp³-hybridized carbons (Fsp3) is 0.111. The van der Waals surface area contributed by atoms with Crippen LogP contribution in [0.2, 0.25) is 0 Å². The number of nitro groups is 2. The van der Waals surface area contributed by atoms with Crippen molar-refractivity contribution in [3.63, 3.8) is 0 Å². The largest absolute Gasteiger partial charge is 0.361 e. The van der Waals surface area contributed by atoms with Crippen LogP contribution in [0.1, 0.15) is 20.7 Å². The highest BCUT2D eigenvalue weighted by atomic mass is 32.1. The van der Waals surface area contributed by atoms with Gasteiger partial charge in [-0.3, -0.25) is 40.5 Å². The van der Waals surface area contributed by atoms with E-state index in [0.717, 1.165) is 0 Å². The number of carbonyl (C=O) groups excluding carboxylic acids is 2. The number of rotatable bonds is 7. The first kappa shape index (κ1) is 24.2. The van der Waals surface area contributed by atoms with Crippen LogP contribution >= 0.6 is 24.4 Å². The zero-order chi connectivity index (χ0) is 23.7. The van der Waals surface area contributed by atoms with Crippen molar-refractivity contribution in [2.24, 2.45) is 0 Å². The zero-order valence-corrected chi connectivity index (χ0v) is 17.8. The van der Waals surface area contributed by atoms with Crippen LogP contribution in [-0.2, 0) is 0 Å². The van der Waals surface area contributed by atoms with Crippen LogP contribution in [0.15, 0.2) is 48.5 Å². The molecule has 2 rings (SSSR count). The van der Waals surface area contributed by atoms with Gasteiger partial charge in [-0.15, -0.1) is 0 Å². The van der Waals surface area contributed by atoms with E-state index in [0.29, 0.717) is 0 Å². The van der Waals surface area contributed by atoms with Crippen molar-refractivity contribution in [1.29, 1.82) is 0 Å². The van der Waals surface area contributed by atoms with Gasteiger partial charge in [0.25, 0.3) is 23.2 Å². The highest BCUT2D eigenvalue weighted by Crippen LogP contribution is 2.18. The Morgan fingerprint density at radius 3 is 1.41 bits per heavy atom. The third kappa shape index (κ3) is 6.75. The summed E-state index contributed by atoms with van der Waals surface area (Å²) in [5.41, 5.74) is -0.985. The fourth-order valence-corrected chi connectivity index (χ4v) is 2.82. The van der Waals surface area contributed by atoms with Crippen LogP contribution < -0.4 is 21.3 Å². The molecule has 14 heteroatoms. The van der Waals surface area contributed by atoms with Crippen molar-refractivity contribution in [3.05, 3.63) is 79.9 Å². The predicted octanol–water partition coefficient (Wildman–Crippen LogP) is 1.41. The first-order chi connectivity index (χ1) is 15.2. The molecule has 0 bridgehead atoms. The lowest BCUT2D eigenvalue weighted by Gasteiger charge is -2.12. The van der Waals surface area contributed by atoms with Crippen molar-refractivity contribution in [1.82, 2.24) is 21.3 Å².